The molecular formula is C16H20N2O3. The lowest BCUT2D eigenvalue weighted by atomic mass is 9.84. The quantitative estimate of drug-likeness (QED) is 0.930. The first-order valence-corrected chi connectivity index (χ1v) is 7.52. The van der Waals surface area contributed by atoms with Crippen LogP contribution in [0, 0.1) is 0 Å². The molecule has 0 radical (unpaired) electrons. The summed E-state index contributed by atoms with van der Waals surface area (Å²) in [5.74, 6) is 1.08. The molecule has 1 aliphatic rings. The van der Waals surface area contributed by atoms with Crippen molar-refractivity contribution >= 4 is 0 Å². The van der Waals surface area contributed by atoms with Crippen LogP contribution in [0.4, 0.5) is 0 Å². The second-order valence-electron chi connectivity index (χ2n) is 5.43. The van der Waals surface area contributed by atoms with Gasteiger partial charge in [-0.25, -0.2) is 0 Å². The maximum atomic E-state index is 9.89. The van der Waals surface area contributed by atoms with Gasteiger partial charge in [0, 0.05) is 6.61 Å². The number of nitrogens with zero attached hydrogens (tertiary/aromatic N) is 2. The number of aromatic nitrogens is 2. The Hall–Kier alpha value is -1.88. The van der Waals surface area contributed by atoms with Crippen molar-refractivity contribution in [2.75, 3.05) is 6.61 Å². The minimum Gasteiger partial charge on any atom is -0.507 e. The van der Waals surface area contributed by atoms with Gasteiger partial charge in [0.2, 0.25) is 5.82 Å². The van der Waals surface area contributed by atoms with E-state index in [2.05, 4.69) is 10.1 Å². The average Bonchev–Trinajstić information content (AvgIpc) is 2.99. The van der Waals surface area contributed by atoms with E-state index in [0.717, 1.165) is 25.7 Å². The van der Waals surface area contributed by atoms with Crippen LogP contribution >= 0.6 is 0 Å². The van der Waals surface area contributed by atoms with Crippen LogP contribution in [0.25, 0.3) is 11.5 Å². The highest BCUT2D eigenvalue weighted by atomic mass is 16.5. The standard InChI is InChI=1S/C16H20N2O3/c1-2-20-16(10-6-3-7-11-16)15-17-14(21-18-15)12-8-4-5-9-13(12)19/h4-5,8-9,19H,2-3,6-7,10-11H2,1H3. The average molecular weight is 288 g/mol. The minimum absolute atomic E-state index is 0.141. The van der Waals surface area contributed by atoms with Gasteiger partial charge in [-0.1, -0.05) is 36.6 Å². The molecule has 0 bridgehead atoms. The van der Waals surface area contributed by atoms with Crippen LogP contribution in [0.15, 0.2) is 28.8 Å². The lowest BCUT2D eigenvalue weighted by Crippen LogP contribution is -2.33. The highest BCUT2D eigenvalue weighted by molar-refractivity contribution is 5.61. The van der Waals surface area contributed by atoms with Crippen LogP contribution < -0.4 is 0 Å². The smallest absolute Gasteiger partial charge is 0.261 e. The molecule has 1 fully saturated rings. The summed E-state index contributed by atoms with van der Waals surface area (Å²) in [4.78, 5) is 4.49. The molecule has 0 amide bonds. The third-order valence-corrected chi connectivity index (χ3v) is 4.05. The summed E-state index contributed by atoms with van der Waals surface area (Å²) in [6, 6.07) is 6.97. The molecule has 1 aromatic carbocycles. The molecule has 2 aromatic rings. The van der Waals surface area contributed by atoms with Crippen molar-refractivity contribution in [3.8, 4) is 17.2 Å². The molecular weight excluding hydrogens is 268 g/mol. The summed E-state index contributed by atoms with van der Waals surface area (Å²) in [7, 11) is 0. The monoisotopic (exact) mass is 288 g/mol. The van der Waals surface area contributed by atoms with Gasteiger partial charge in [0.1, 0.15) is 11.4 Å². The summed E-state index contributed by atoms with van der Waals surface area (Å²) < 4.78 is 11.3. The van der Waals surface area contributed by atoms with Gasteiger partial charge in [-0.15, -0.1) is 0 Å². The van der Waals surface area contributed by atoms with Crippen LogP contribution in [-0.4, -0.2) is 21.9 Å². The van der Waals surface area contributed by atoms with Gasteiger partial charge < -0.3 is 14.4 Å². The predicted molar refractivity (Wildman–Crippen MR) is 77.8 cm³/mol. The summed E-state index contributed by atoms with van der Waals surface area (Å²) in [6.45, 7) is 2.61. The summed E-state index contributed by atoms with van der Waals surface area (Å²) in [6.07, 6.45) is 5.28. The molecule has 1 heterocycles. The van der Waals surface area contributed by atoms with E-state index in [0.29, 0.717) is 23.9 Å². The van der Waals surface area contributed by atoms with Crippen LogP contribution in [0.2, 0.25) is 0 Å². The molecule has 5 heteroatoms. The zero-order valence-electron chi connectivity index (χ0n) is 12.2. The van der Waals surface area contributed by atoms with E-state index < -0.39 is 5.60 Å². The van der Waals surface area contributed by atoms with E-state index in [4.69, 9.17) is 9.26 Å². The van der Waals surface area contributed by atoms with Gasteiger partial charge >= 0.3 is 0 Å². The van der Waals surface area contributed by atoms with Crippen LogP contribution in [0.5, 0.6) is 5.75 Å². The highest BCUT2D eigenvalue weighted by Crippen LogP contribution is 2.40. The van der Waals surface area contributed by atoms with Crippen molar-refractivity contribution in [1.82, 2.24) is 10.1 Å². The zero-order chi connectivity index (χ0) is 14.7. The van der Waals surface area contributed by atoms with Gasteiger partial charge in [-0.2, -0.15) is 4.98 Å². The number of hydrogen-bond donors (Lipinski definition) is 1. The van der Waals surface area contributed by atoms with E-state index in [9.17, 15) is 5.11 Å². The third kappa shape index (κ3) is 2.65. The molecule has 5 nitrogen and oxygen atoms in total. The lowest BCUT2D eigenvalue weighted by Gasteiger charge is -2.33. The van der Waals surface area contributed by atoms with E-state index in [-0.39, 0.29) is 5.75 Å². The molecule has 0 atom stereocenters. The zero-order valence-corrected chi connectivity index (χ0v) is 12.2. The van der Waals surface area contributed by atoms with Gasteiger partial charge in [-0.3, -0.25) is 0 Å². The van der Waals surface area contributed by atoms with Gasteiger partial charge in [0.15, 0.2) is 0 Å². The lowest BCUT2D eigenvalue weighted by molar-refractivity contribution is -0.0777. The number of phenolic OH excluding ortho intramolecular Hbond substituents is 1. The Labute approximate surface area is 123 Å². The van der Waals surface area contributed by atoms with E-state index in [1.165, 1.54) is 6.42 Å². The Morgan fingerprint density at radius 3 is 2.71 bits per heavy atom. The number of phenols is 1. The molecule has 0 aliphatic heterocycles. The first kappa shape index (κ1) is 14.1. The molecule has 21 heavy (non-hydrogen) atoms. The number of para-hydroxylation sites is 1. The van der Waals surface area contributed by atoms with Gasteiger partial charge in [0.05, 0.1) is 5.56 Å². The highest BCUT2D eigenvalue weighted by Gasteiger charge is 2.39. The van der Waals surface area contributed by atoms with Crippen molar-refractivity contribution in [2.45, 2.75) is 44.6 Å². The largest absolute Gasteiger partial charge is 0.507 e. The van der Waals surface area contributed by atoms with Crippen molar-refractivity contribution in [1.29, 1.82) is 0 Å². The second-order valence-corrected chi connectivity index (χ2v) is 5.43. The van der Waals surface area contributed by atoms with Gasteiger partial charge in [0.25, 0.3) is 5.89 Å². The summed E-state index contributed by atoms with van der Waals surface area (Å²) >= 11 is 0. The van der Waals surface area contributed by atoms with Crippen molar-refractivity contribution in [2.24, 2.45) is 0 Å². The van der Waals surface area contributed by atoms with Crippen molar-refractivity contribution < 1.29 is 14.4 Å². The molecule has 3 rings (SSSR count). The molecule has 112 valence electrons. The fourth-order valence-electron chi connectivity index (χ4n) is 3.00. The number of benzene rings is 1. The van der Waals surface area contributed by atoms with Crippen LogP contribution in [-0.2, 0) is 10.3 Å². The molecule has 1 N–H and O–H groups in total. The molecule has 1 aromatic heterocycles. The second kappa shape index (κ2) is 5.85. The van der Waals surface area contributed by atoms with Crippen molar-refractivity contribution in [3.63, 3.8) is 0 Å². The number of rotatable bonds is 4. The number of aromatic hydroxyl groups is 1. The maximum absolute atomic E-state index is 9.89. The predicted octanol–water partition coefficient (Wildman–Crippen LogP) is 3.64. The van der Waals surface area contributed by atoms with Crippen LogP contribution in [0.1, 0.15) is 44.9 Å². The Morgan fingerprint density at radius 1 is 1.24 bits per heavy atom. The van der Waals surface area contributed by atoms with Gasteiger partial charge in [-0.05, 0) is 31.9 Å². The first-order chi connectivity index (χ1) is 10.2. The van der Waals surface area contributed by atoms with E-state index in [1.54, 1.807) is 18.2 Å². The molecule has 1 aliphatic carbocycles. The Morgan fingerprint density at radius 2 is 2.00 bits per heavy atom. The minimum atomic E-state index is -0.431. The first-order valence-electron chi connectivity index (χ1n) is 7.52. The SMILES string of the molecule is CCOC1(c2noc(-c3ccccc3O)n2)CCCCC1. The number of hydrogen-bond acceptors (Lipinski definition) is 5. The fourth-order valence-corrected chi connectivity index (χ4v) is 3.00. The summed E-state index contributed by atoms with van der Waals surface area (Å²) in [5, 5.41) is 14.0. The molecule has 0 saturated heterocycles. The van der Waals surface area contributed by atoms with Crippen molar-refractivity contribution in [3.05, 3.63) is 30.1 Å². The molecule has 0 unspecified atom stereocenters. The summed E-state index contributed by atoms with van der Waals surface area (Å²) in [5.41, 5.74) is 0.123. The third-order valence-electron chi connectivity index (χ3n) is 4.05. The van der Waals surface area contributed by atoms with E-state index >= 15 is 0 Å². The number of ether oxygens (including phenoxy) is 1. The molecule has 1 saturated carbocycles. The fraction of sp³-hybridized carbons (Fsp3) is 0.500. The Bertz CT molecular complexity index is 598. The normalized spacial score (nSPS) is 17.8. The Balaban J connectivity index is 1.94. The van der Waals surface area contributed by atoms with E-state index in [1.807, 2.05) is 13.0 Å². The van der Waals surface area contributed by atoms with Crippen LogP contribution in [0.3, 0.4) is 0 Å². The maximum Gasteiger partial charge on any atom is 0.261 e. The molecule has 0 spiro atoms. The Kier molecular flexibility index (Phi) is 3.92. The topological polar surface area (TPSA) is 68.4 Å².